The Labute approximate surface area is 103 Å². The van der Waals surface area contributed by atoms with Gasteiger partial charge in [0.1, 0.15) is 0 Å². The van der Waals surface area contributed by atoms with Gasteiger partial charge in [0.25, 0.3) is 0 Å². The Balaban J connectivity index is 2.47. The zero-order valence-electron chi connectivity index (χ0n) is 8.13. The van der Waals surface area contributed by atoms with Gasteiger partial charge >= 0.3 is 5.97 Å². The first kappa shape index (κ1) is 12.7. The van der Waals surface area contributed by atoms with Crippen LogP contribution in [0.1, 0.15) is 5.56 Å². The van der Waals surface area contributed by atoms with Crippen LogP contribution in [0.25, 0.3) is 0 Å². The van der Waals surface area contributed by atoms with Crippen LogP contribution in [0.5, 0.6) is 0 Å². The molecule has 0 saturated heterocycles. The number of thioether (sulfide) groups is 1. The van der Waals surface area contributed by atoms with Crippen LogP contribution in [-0.2, 0) is 15.3 Å². The normalized spacial score (nSPS) is 10.1. The van der Waals surface area contributed by atoms with Crippen molar-refractivity contribution in [3.63, 3.8) is 0 Å². The first-order valence-electron chi connectivity index (χ1n) is 4.22. The summed E-state index contributed by atoms with van der Waals surface area (Å²) in [5.74, 6) is 0.769. The monoisotopic (exact) mass is 264 g/mol. The summed E-state index contributed by atoms with van der Waals surface area (Å²) in [6, 6.07) is 5.33. The number of esters is 1. The molecule has 1 aromatic carbocycles. The SMILES string of the molecule is COC(=O)CSCc1ccc(Cl)cc1Cl. The van der Waals surface area contributed by atoms with E-state index in [1.807, 2.05) is 6.07 Å². The summed E-state index contributed by atoms with van der Waals surface area (Å²) in [5.41, 5.74) is 0.968. The van der Waals surface area contributed by atoms with Crippen LogP contribution in [-0.4, -0.2) is 18.8 Å². The molecule has 0 fully saturated rings. The molecule has 0 aliphatic rings. The van der Waals surface area contributed by atoms with Gasteiger partial charge in [-0.25, -0.2) is 0 Å². The Morgan fingerprint density at radius 3 is 2.80 bits per heavy atom. The second-order valence-electron chi connectivity index (χ2n) is 2.80. The third kappa shape index (κ3) is 4.33. The molecule has 1 aromatic rings. The maximum Gasteiger partial charge on any atom is 0.315 e. The number of hydrogen-bond donors (Lipinski definition) is 0. The zero-order valence-corrected chi connectivity index (χ0v) is 10.5. The number of methoxy groups -OCH3 is 1. The Hall–Kier alpha value is -0.380. The van der Waals surface area contributed by atoms with Crippen molar-refractivity contribution < 1.29 is 9.53 Å². The standard InChI is InChI=1S/C10H10Cl2O2S/c1-14-10(13)6-15-5-7-2-3-8(11)4-9(7)12/h2-4H,5-6H2,1H3. The third-order valence-electron chi connectivity index (χ3n) is 1.72. The minimum atomic E-state index is -0.231. The lowest BCUT2D eigenvalue weighted by Crippen LogP contribution is -2.03. The minimum absolute atomic E-state index is 0.231. The van der Waals surface area contributed by atoms with Crippen molar-refractivity contribution in [3.05, 3.63) is 33.8 Å². The van der Waals surface area contributed by atoms with E-state index < -0.39 is 0 Å². The van der Waals surface area contributed by atoms with Crippen molar-refractivity contribution in [3.8, 4) is 0 Å². The Morgan fingerprint density at radius 1 is 1.47 bits per heavy atom. The highest BCUT2D eigenvalue weighted by Gasteiger charge is 2.04. The smallest absolute Gasteiger partial charge is 0.315 e. The highest BCUT2D eigenvalue weighted by atomic mass is 35.5. The van der Waals surface area contributed by atoms with Crippen molar-refractivity contribution in [2.75, 3.05) is 12.9 Å². The van der Waals surface area contributed by atoms with Gasteiger partial charge in [0.2, 0.25) is 0 Å². The molecule has 0 N–H and O–H groups in total. The topological polar surface area (TPSA) is 26.3 Å². The summed E-state index contributed by atoms with van der Waals surface area (Å²) in [6.07, 6.45) is 0. The Kier molecular flexibility index (Phi) is 5.29. The van der Waals surface area contributed by atoms with Crippen LogP contribution in [0, 0.1) is 0 Å². The molecule has 0 atom stereocenters. The largest absolute Gasteiger partial charge is 0.468 e. The molecule has 0 aliphatic carbocycles. The summed E-state index contributed by atoms with van der Waals surface area (Å²) in [7, 11) is 1.37. The van der Waals surface area contributed by atoms with E-state index in [-0.39, 0.29) is 5.97 Å². The van der Waals surface area contributed by atoms with Crippen molar-refractivity contribution in [1.29, 1.82) is 0 Å². The van der Waals surface area contributed by atoms with Crippen LogP contribution in [0.15, 0.2) is 18.2 Å². The fourth-order valence-electron chi connectivity index (χ4n) is 0.942. The lowest BCUT2D eigenvalue weighted by molar-refractivity contribution is -0.137. The molecule has 1 rings (SSSR count). The lowest BCUT2D eigenvalue weighted by atomic mass is 10.2. The van der Waals surface area contributed by atoms with Crippen LogP contribution in [0.2, 0.25) is 10.0 Å². The molecule has 0 bridgehead atoms. The minimum Gasteiger partial charge on any atom is -0.468 e. The molecule has 0 heterocycles. The van der Waals surface area contributed by atoms with E-state index in [4.69, 9.17) is 23.2 Å². The predicted octanol–water partition coefficient (Wildman–Crippen LogP) is 3.40. The van der Waals surface area contributed by atoms with Crippen molar-refractivity contribution >= 4 is 40.9 Å². The maximum absolute atomic E-state index is 10.8. The average molecular weight is 265 g/mol. The highest BCUT2D eigenvalue weighted by molar-refractivity contribution is 7.99. The predicted molar refractivity (Wildman–Crippen MR) is 64.6 cm³/mol. The second-order valence-corrected chi connectivity index (χ2v) is 4.63. The zero-order chi connectivity index (χ0) is 11.3. The van der Waals surface area contributed by atoms with E-state index in [1.165, 1.54) is 18.9 Å². The molecule has 82 valence electrons. The summed E-state index contributed by atoms with van der Waals surface area (Å²) >= 11 is 13.2. The highest BCUT2D eigenvalue weighted by Crippen LogP contribution is 2.24. The van der Waals surface area contributed by atoms with Crippen molar-refractivity contribution in [2.45, 2.75) is 5.75 Å². The van der Waals surface area contributed by atoms with E-state index in [0.717, 1.165) is 5.56 Å². The number of carbonyl (C=O) groups excluding carboxylic acids is 1. The third-order valence-corrected chi connectivity index (χ3v) is 3.26. The Morgan fingerprint density at radius 2 is 2.20 bits per heavy atom. The number of halogens is 2. The Bertz CT molecular complexity index is 355. The van der Waals surface area contributed by atoms with E-state index in [1.54, 1.807) is 12.1 Å². The van der Waals surface area contributed by atoms with E-state index >= 15 is 0 Å². The molecule has 0 amide bonds. The molecule has 5 heteroatoms. The summed E-state index contributed by atoms with van der Waals surface area (Å²) in [4.78, 5) is 10.8. The molecule has 0 saturated carbocycles. The lowest BCUT2D eigenvalue weighted by Gasteiger charge is -2.03. The van der Waals surface area contributed by atoms with Gasteiger partial charge in [-0.1, -0.05) is 29.3 Å². The molecule has 15 heavy (non-hydrogen) atoms. The van der Waals surface area contributed by atoms with Crippen LogP contribution in [0.3, 0.4) is 0 Å². The first-order valence-corrected chi connectivity index (χ1v) is 6.13. The maximum atomic E-state index is 10.8. The molecule has 0 unspecified atom stereocenters. The van der Waals surface area contributed by atoms with Crippen LogP contribution >= 0.6 is 35.0 Å². The summed E-state index contributed by atoms with van der Waals surface area (Å²) in [6.45, 7) is 0. The van der Waals surface area contributed by atoms with Gasteiger partial charge < -0.3 is 4.74 Å². The fourth-order valence-corrected chi connectivity index (χ4v) is 2.35. The van der Waals surface area contributed by atoms with E-state index in [2.05, 4.69) is 4.74 Å². The number of hydrogen-bond acceptors (Lipinski definition) is 3. The summed E-state index contributed by atoms with van der Waals surface area (Å²) < 4.78 is 4.52. The summed E-state index contributed by atoms with van der Waals surface area (Å²) in [5, 5.41) is 1.24. The number of benzene rings is 1. The second kappa shape index (κ2) is 6.26. The average Bonchev–Trinajstić information content (AvgIpc) is 2.21. The molecule has 0 radical (unpaired) electrons. The first-order chi connectivity index (χ1) is 7.13. The van der Waals surface area contributed by atoms with Gasteiger partial charge in [0.15, 0.2) is 0 Å². The van der Waals surface area contributed by atoms with Gasteiger partial charge in [0, 0.05) is 15.8 Å². The molecule has 2 nitrogen and oxygen atoms in total. The van der Waals surface area contributed by atoms with Crippen LogP contribution in [0.4, 0.5) is 0 Å². The fraction of sp³-hybridized carbons (Fsp3) is 0.300. The van der Waals surface area contributed by atoms with E-state index in [9.17, 15) is 4.79 Å². The van der Waals surface area contributed by atoms with Gasteiger partial charge in [0.05, 0.1) is 12.9 Å². The van der Waals surface area contributed by atoms with Gasteiger partial charge in [-0.15, -0.1) is 11.8 Å². The quantitative estimate of drug-likeness (QED) is 0.780. The van der Waals surface area contributed by atoms with Gasteiger partial charge in [-0.3, -0.25) is 4.79 Å². The van der Waals surface area contributed by atoms with Gasteiger partial charge in [-0.2, -0.15) is 0 Å². The number of ether oxygens (including phenoxy) is 1. The molecule has 0 aliphatic heterocycles. The molecular weight excluding hydrogens is 255 g/mol. The number of carbonyl (C=O) groups is 1. The van der Waals surface area contributed by atoms with Crippen molar-refractivity contribution in [2.24, 2.45) is 0 Å². The molecule has 0 aromatic heterocycles. The van der Waals surface area contributed by atoms with Gasteiger partial charge in [-0.05, 0) is 17.7 Å². The van der Waals surface area contributed by atoms with Crippen molar-refractivity contribution in [1.82, 2.24) is 0 Å². The van der Waals surface area contributed by atoms with Crippen LogP contribution < -0.4 is 0 Å². The molecular formula is C10H10Cl2O2S. The number of rotatable bonds is 4. The molecule has 0 spiro atoms. The van der Waals surface area contributed by atoms with E-state index in [0.29, 0.717) is 21.6 Å².